The van der Waals surface area contributed by atoms with Crippen LogP contribution in [0.5, 0.6) is 5.75 Å². The van der Waals surface area contributed by atoms with Crippen LogP contribution in [-0.4, -0.2) is 11.7 Å². The van der Waals surface area contributed by atoms with Crippen molar-refractivity contribution in [2.24, 2.45) is 5.41 Å². The maximum absolute atomic E-state index is 9.36. The van der Waals surface area contributed by atoms with E-state index >= 15 is 0 Å². The van der Waals surface area contributed by atoms with E-state index in [1.54, 1.807) is 6.92 Å². The Kier molecular flexibility index (Phi) is 4.36. The highest BCUT2D eigenvalue weighted by Gasteiger charge is 2.09. The van der Waals surface area contributed by atoms with Crippen LogP contribution in [0.2, 0.25) is 0 Å². The second kappa shape index (κ2) is 5.35. The van der Waals surface area contributed by atoms with E-state index in [0.717, 1.165) is 24.3 Å². The maximum Gasteiger partial charge on any atom is 0.119 e. The zero-order valence-electron chi connectivity index (χ0n) is 10.7. The van der Waals surface area contributed by atoms with E-state index in [2.05, 4.69) is 20.8 Å². The van der Waals surface area contributed by atoms with Gasteiger partial charge in [-0.25, -0.2) is 0 Å². The molecule has 90 valence electrons. The summed E-state index contributed by atoms with van der Waals surface area (Å²) in [6.45, 7) is 9.10. The lowest BCUT2D eigenvalue weighted by Crippen LogP contribution is -2.11. The summed E-state index contributed by atoms with van der Waals surface area (Å²) in [4.78, 5) is 0. The lowest BCUT2D eigenvalue weighted by atomic mass is 9.93. The molecule has 0 unspecified atom stereocenters. The second-order valence-electron chi connectivity index (χ2n) is 5.40. The largest absolute Gasteiger partial charge is 0.494 e. The van der Waals surface area contributed by atoms with Crippen LogP contribution in [-0.2, 0) is 0 Å². The minimum Gasteiger partial charge on any atom is -0.494 e. The quantitative estimate of drug-likeness (QED) is 0.844. The van der Waals surface area contributed by atoms with Gasteiger partial charge in [-0.2, -0.15) is 0 Å². The van der Waals surface area contributed by atoms with Gasteiger partial charge in [0, 0.05) is 0 Å². The van der Waals surface area contributed by atoms with E-state index in [4.69, 9.17) is 4.74 Å². The van der Waals surface area contributed by atoms with Crippen molar-refractivity contribution in [3.8, 4) is 5.75 Å². The molecule has 1 aromatic carbocycles. The van der Waals surface area contributed by atoms with Gasteiger partial charge in [-0.1, -0.05) is 32.9 Å². The first-order valence-corrected chi connectivity index (χ1v) is 5.79. The van der Waals surface area contributed by atoms with Crippen LogP contribution in [0.1, 0.15) is 45.8 Å². The Morgan fingerprint density at radius 3 is 2.19 bits per heavy atom. The summed E-state index contributed by atoms with van der Waals surface area (Å²) in [5.74, 6) is 0.869. The van der Waals surface area contributed by atoms with Gasteiger partial charge >= 0.3 is 0 Å². The summed E-state index contributed by atoms with van der Waals surface area (Å²) in [5.41, 5.74) is 1.22. The predicted octanol–water partition coefficient (Wildman–Crippen LogP) is 3.55. The average Bonchev–Trinajstić information content (AvgIpc) is 2.16. The van der Waals surface area contributed by atoms with E-state index in [1.807, 2.05) is 24.3 Å². The Morgan fingerprint density at radius 2 is 1.75 bits per heavy atom. The SMILES string of the molecule is C[C@@H](O)c1ccc(OCCC(C)(C)C)cc1. The molecule has 2 heteroatoms. The Balaban J connectivity index is 2.44. The van der Waals surface area contributed by atoms with Gasteiger partial charge in [0.25, 0.3) is 0 Å². The monoisotopic (exact) mass is 222 g/mol. The van der Waals surface area contributed by atoms with Crippen LogP contribution in [0.15, 0.2) is 24.3 Å². The van der Waals surface area contributed by atoms with Gasteiger partial charge in [-0.3, -0.25) is 0 Å². The molecular formula is C14H22O2. The fourth-order valence-corrected chi connectivity index (χ4v) is 1.32. The molecule has 0 bridgehead atoms. The smallest absolute Gasteiger partial charge is 0.119 e. The standard InChI is InChI=1S/C14H22O2/c1-11(15)12-5-7-13(8-6-12)16-10-9-14(2,3)4/h5-8,11,15H,9-10H2,1-4H3/t11-/m1/s1. The molecule has 1 aromatic rings. The molecule has 1 N–H and O–H groups in total. The molecular weight excluding hydrogens is 200 g/mol. The highest BCUT2D eigenvalue weighted by atomic mass is 16.5. The molecule has 0 radical (unpaired) electrons. The molecule has 1 atom stereocenters. The van der Waals surface area contributed by atoms with Crippen molar-refractivity contribution < 1.29 is 9.84 Å². The molecule has 0 saturated heterocycles. The van der Waals surface area contributed by atoms with Gasteiger partial charge in [-0.15, -0.1) is 0 Å². The van der Waals surface area contributed by atoms with Crippen molar-refractivity contribution >= 4 is 0 Å². The summed E-state index contributed by atoms with van der Waals surface area (Å²) in [6.07, 6.45) is 0.620. The normalized spacial score (nSPS) is 13.6. The number of rotatable bonds is 4. The Hall–Kier alpha value is -1.02. The molecule has 2 nitrogen and oxygen atoms in total. The summed E-state index contributed by atoms with van der Waals surface area (Å²) >= 11 is 0. The van der Waals surface area contributed by atoms with Crippen molar-refractivity contribution in [1.29, 1.82) is 0 Å². The first-order valence-electron chi connectivity index (χ1n) is 5.79. The van der Waals surface area contributed by atoms with Crippen molar-refractivity contribution in [3.63, 3.8) is 0 Å². The molecule has 0 aliphatic carbocycles. The number of ether oxygens (including phenoxy) is 1. The van der Waals surface area contributed by atoms with E-state index < -0.39 is 6.10 Å². The number of benzene rings is 1. The lowest BCUT2D eigenvalue weighted by molar-refractivity contribution is 0.199. The topological polar surface area (TPSA) is 29.5 Å². The fraction of sp³-hybridized carbons (Fsp3) is 0.571. The first kappa shape index (κ1) is 13.0. The molecule has 16 heavy (non-hydrogen) atoms. The van der Waals surface area contributed by atoms with Crippen LogP contribution in [0.3, 0.4) is 0 Å². The molecule has 0 aromatic heterocycles. The van der Waals surface area contributed by atoms with E-state index in [1.165, 1.54) is 0 Å². The van der Waals surface area contributed by atoms with Crippen molar-refractivity contribution in [1.82, 2.24) is 0 Å². The second-order valence-corrected chi connectivity index (χ2v) is 5.40. The third-order valence-corrected chi connectivity index (χ3v) is 2.48. The highest BCUT2D eigenvalue weighted by Crippen LogP contribution is 2.21. The van der Waals surface area contributed by atoms with E-state index in [9.17, 15) is 5.11 Å². The van der Waals surface area contributed by atoms with Gasteiger partial charge in [-0.05, 0) is 36.5 Å². The number of aliphatic hydroxyl groups excluding tert-OH is 1. The van der Waals surface area contributed by atoms with Crippen molar-refractivity contribution in [3.05, 3.63) is 29.8 Å². The van der Waals surface area contributed by atoms with Gasteiger partial charge in [0.05, 0.1) is 12.7 Å². The number of hydrogen-bond acceptors (Lipinski definition) is 2. The molecule has 0 aliphatic rings. The molecule has 0 spiro atoms. The van der Waals surface area contributed by atoms with Crippen LogP contribution >= 0.6 is 0 Å². The van der Waals surface area contributed by atoms with E-state index in [-0.39, 0.29) is 0 Å². The fourth-order valence-electron chi connectivity index (χ4n) is 1.32. The predicted molar refractivity (Wildman–Crippen MR) is 66.6 cm³/mol. The third-order valence-electron chi connectivity index (χ3n) is 2.48. The summed E-state index contributed by atoms with van der Waals surface area (Å²) in [7, 11) is 0. The lowest BCUT2D eigenvalue weighted by Gasteiger charge is -2.18. The Labute approximate surface area is 98.3 Å². The maximum atomic E-state index is 9.36. The third kappa shape index (κ3) is 4.67. The van der Waals surface area contributed by atoms with Gasteiger partial charge in [0.15, 0.2) is 0 Å². The van der Waals surface area contributed by atoms with Crippen molar-refractivity contribution in [2.75, 3.05) is 6.61 Å². The molecule has 0 saturated carbocycles. The number of hydrogen-bond donors (Lipinski definition) is 1. The molecule has 0 amide bonds. The Morgan fingerprint density at radius 1 is 1.19 bits per heavy atom. The van der Waals surface area contributed by atoms with Crippen LogP contribution < -0.4 is 4.74 Å². The van der Waals surface area contributed by atoms with Gasteiger partial charge in [0.2, 0.25) is 0 Å². The van der Waals surface area contributed by atoms with Gasteiger partial charge in [0.1, 0.15) is 5.75 Å². The zero-order chi connectivity index (χ0) is 12.2. The number of aliphatic hydroxyl groups is 1. The molecule has 1 rings (SSSR count). The summed E-state index contributed by atoms with van der Waals surface area (Å²) in [5, 5.41) is 9.36. The summed E-state index contributed by atoms with van der Waals surface area (Å²) < 4.78 is 5.64. The van der Waals surface area contributed by atoms with Crippen LogP contribution in [0.4, 0.5) is 0 Å². The zero-order valence-corrected chi connectivity index (χ0v) is 10.7. The summed E-state index contributed by atoms with van der Waals surface area (Å²) in [6, 6.07) is 7.61. The van der Waals surface area contributed by atoms with E-state index in [0.29, 0.717) is 5.41 Å². The first-order chi connectivity index (χ1) is 7.38. The molecule has 0 aliphatic heterocycles. The van der Waals surface area contributed by atoms with Crippen molar-refractivity contribution in [2.45, 2.75) is 40.2 Å². The molecule has 0 heterocycles. The Bertz CT molecular complexity index is 307. The van der Waals surface area contributed by atoms with Gasteiger partial charge < -0.3 is 9.84 Å². The minimum atomic E-state index is -0.413. The average molecular weight is 222 g/mol. The molecule has 0 fully saturated rings. The van der Waals surface area contributed by atoms with Crippen LogP contribution in [0.25, 0.3) is 0 Å². The van der Waals surface area contributed by atoms with Crippen LogP contribution in [0, 0.1) is 5.41 Å². The highest BCUT2D eigenvalue weighted by molar-refractivity contribution is 5.28. The minimum absolute atomic E-state index is 0.305.